The topological polar surface area (TPSA) is 24.7 Å². The van der Waals surface area contributed by atoms with Crippen molar-refractivity contribution in [3.8, 4) is 11.8 Å². The molecule has 0 aliphatic carbocycles. The number of azo groups is 1. The highest BCUT2D eigenvalue weighted by molar-refractivity contribution is 5.52. The van der Waals surface area contributed by atoms with E-state index in [0.29, 0.717) is 5.69 Å². The third-order valence-electron chi connectivity index (χ3n) is 4.42. The smallest absolute Gasteiger partial charge is 0.194 e. The van der Waals surface area contributed by atoms with Crippen LogP contribution in [0.2, 0.25) is 0 Å². The zero-order valence-corrected chi connectivity index (χ0v) is 16.1. The van der Waals surface area contributed by atoms with Gasteiger partial charge in [-0.05, 0) is 54.3 Å². The number of rotatable bonds is 4. The fraction of sp³-hybridized carbons (Fsp3) is 0.167. The number of hydrogen-bond acceptors (Lipinski definition) is 2. The third kappa shape index (κ3) is 5.11. The van der Waals surface area contributed by atoms with Gasteiger partial charge < -0.3 is 0 Å². The van der Waals surface area contributed by atoms with Gasteiger partial charge in [-0.1, -0.05) is 37.8 Å². The van der Waals surface area contributed by atoms with Crippen molar-refractivity contribution in [1.29, 1.82) is 0 Å². The number of hydrogen-bond donors (Lipinski definition) is 0. The van der Waals surface area contributed by atoms with Gasteiger partial charge in [-0.2, -0.15) is 10.2 Å². The molecule has 0 spiro atoms. The van der Waals surface area contributed by atoms with Crippen LogP contribution in [0.5, 0.6) is 0 Å². The zero-order valence-electron chi connectivity index (χ0n) is 16.1. The van der Waals surface area contributed by atoms with Gasteiger partial charge in [0, 0.05) is 23.3 Å². The van der Waals surface area contributed by atoms with Crippen LogP contribution in [0.1, 0.15) is 36.1 Å². The van der Waals surface area contributed by atoms with Crippen molar-refractivity contribution >= 4 is 11.4 Å². The highest BCUT2D eigenvalue weighted by Gasteiger charge is 2.10. The molecule has 0 fully saturated rings. The highest BCUT2D eigenvalue weighted by atomic mass is 19.2. The number of nitrogens with zero attached hydrogens (tertiary/aromatic N) is 2. The summed E-state index contributed by atoms with van der Waals surface area (Å²) in [6.07, 6.45) is 1.73. The SMILES string of the molecule is CCc1ccc(C#Cc2ccc(N=Nc3cc(F)c(F)c(F)c3)cc2CC)cc1. The van der Waals surface area contributed by atoms with Crippen molar-refractivity contribution in [2.45, 2.75) is 26.7 Å². The van der Waals surface area contributed by atoms with Crippen LogP contribution < -0.4 is 0 Å². The minimum Gasteiger partial charge on any atom is -0.204 e. The van der Waals surface area contributed by atoms with Gasteiger partial charge >= 0.3 is 0 Å². The summed E-state index contributed by atoms with van der Waals surface area (Å²) in [5.41, 5.74) is 4.48. The van der Waals surface area contributed by atoms with E-state index >= 15 is 0 Å². The molecule has 3 rings (SSSR count). The van der Waals surface area contributed by atoms with Gasteiger partial charge in [0.15, 0.2) is 17.5 Å². The minimum atomic E-state index is -1.52. The molecular formula is C24H19F3N2. The van der Waals surface area contributed by atoms with Gasteiger partial charge in [0.2, 0.25) is 0 Å². The first kappa shape index (κ1) is 20.3. The Morgan fingerprint density at radius 3 is 2.00 bits per heavy atom. The molecule has 0 heterocycles. The predicted octanol–water partition coefficient (Wildman–Crippen LogP) is 7.04. The van der Waals surface area contributed by atoms with Gasteiger partial charge in [0.1, 0.15) is 0 Å². The average molecular weight is 392 g/mol. The molecule has 29 heavy (non-hydrogen) atoms. The van der Waals surface area contributed by atoms with Crippen LogP contribution >= 0.6 is 0 Å². The maximum absolute atomic E-state index is 13.3. The van der Waals surface area contributed by atoms with Gasteiger partial charge in [0.05, 0.1) is 11.4 Å². The average Bonchev–Trinajstić information content (AvgIpc) is 2.75. The van der Waals surface area contributed by atoms with E-state index in [4.69, 9.17) is 0 Å². The lowest BCUT2D eigenvalue weighted by molar-refractivity contribution is 0.447. The normalized spacial score (nSPS) is 10.8. The van der Waals surface area contributed by atoms with E-state index in [9.17, 15) is 13.2 Å². The summed E-state index contributed by atoms with van der Waals surface area (Å²) in [6.45, 7) is 4.11. The van der Waals surface area contributed by atoms with Crippen molar-refractivity contribution in [1.82, 2.24) is 0 Å². The zero-order chi connectivity index (χ0) is 20.8. The Morgan fingerprint density at radius 1 is 0.724 bits per heavy atom. The number of aryl methyl sites for hydroxylation is 2. The number of benzene rings is 3. The molecular weight excluding hydrogens is 373 g/mol. The van der Waals surface area contributed by atoms with E-state index in [0.717, 1.165) is 41.7 Å². The monoisotopic (exact) mass is 392 g/mol. The Balaban J connectivity index is 1.82. The van der Waals surface area contributed by atoms with Crippen molar-refractivity contribution in [2.24, 2.45) is 10.2 Å². The van der Waals surface area contributed by atoms with Crippen LogP contribution in [0.3, 0.4) is 0 Å². The lowest BCUT2D eigenvalue weighted by atomic mass is 10.0. The summed E-state index contributed by atoms with van der Waals surface area (Å²) in [6, 6.07) is 15.1. The molecule has 0 radical (unpaired) electrons. The Hall–Kier alpha value is -3.39. The molecule has 0 bridgehead atoms. The second kappa shape index (κ2) is 9.20. The standard InChI is InChI=1S/C24H19F3N2/c1-3-16-5-7-17(8-6-16)9-10-19-11-12-20(13-18(19)4-2)28-29-21-14-22(25)24(27)23(26)15-21/h5-8,11-15H,3-4H2,1-2H3. The Kier molecular flexibility index (Phi) is 6.46. The van der Waals surface area contributed by atoms with Gasteiger partial charge in [-0.3, -0.25) is 0 Å². The molecule has 5 heteroatoms. The molecule has 0 atom stereocenters. The van der Waals surface area contributed by atoms with Crippen LogP contribution in [-0.2, 0) is 12.8 Å². The molecule has 0 aromatic heterocycles. The van der Waals surface area contributed by atoms with Crippen molar-refractivity contribution < 1.29 is 13.2 Å². The van der Waals surface area contributed by atoms with E-state index < -0.39 is 17.5 Å². The van der Waals surface area contributed by atoms with Crippen LogP contribution in [0.4, 0.5) is 24.5 Å². The maximum Gasteiger partial charge on any atom is 0.194 e. The van der Waals surface area contributed by atoms with Crippen LogP contribution in [0.15, 0.2) is 64.8 Å². The van der Waals surface area contributed by atoms with Crippen LogP contribution in [0.25, 0.3) is 0 Å². The molecule has 0 saturated heterocycles. The summed E-state index contributed by atoms with van der Waals surface area (Å²) in [4.78, 5) is 0. The van der Waals surface area contributed by atoms with Gasteiger partial charge in [-0.15, -0.1) is 0 Å². The van der Waals surface area contributed by atoms with E-state index in [1.165, 1.54) is 5.56 Å². The quantitative estimate of drug-likeness (QED) is 0.258. The lowest BCUT2D eigenvalue weighted by Crippen LogP contribution is -1.88. The van der Waals surface area contributed by atoms with Gasteiger partial charge in [-0.25, -0.2) is 13.2 Å². The first-order valence-corrected chi connectivity index (χ1v) is 9.30. The van der Waals surface area contributed by atoms with E-state index in [1.807, 2.05) is 31.2 Å². The number of halogens is 3. The van der Waals surface area contributed by atoms with E-state index in [-0.39, 0.29) is 5.69 Å². The predicted molar refractivity (Wildman–Crippen MR) is 108 cm³/mol. The molecule has 0 unspecified atom stereocenters. The second-order valence-corrected chi connectivity index (χ2v) is 6.42. The molecule has 146 valence electrons. The van der Waals surface area contributed by atoms with Crippen LogP contribution in [0, 0.1) is 29.3 Å². The summed E-state index contributed by atoms with van der Waals surface area (Å²) < 4.78 is 39.6. The minimum absolute atomic E-state index is 0.0983. The molecule has 0 aliphatic heterocycles. The Morgan fingerprint density at radius 2 is 1.38 bits per heavy atom. The van der Waals surface area contributed by atoms with Crippen molar-refractivity contribution in [2.75, 3.05) is 0 Å². The molecule has 0 N–H and O–H groups in total. The molecule has 0 aliphatic rings. The van der Waals surface area contributed by atoms with E-state index in [2.05, 4.69) is 41.1 Å². The molecule has 0 saturated carbocycles. The summed E-state index contributed by atoms with van der Waals surface area (Å²) in [7, 11) is 0. The molecule has 2 nitrogen and oxygen atoms in total. The largest absolute Gasteiger partial charge is 0.204 e. The summed E-state index contributed by atoms with van der Waals surface area (Å²) in [5, 5.41) is 7.79. The van der Waals surface area contributed by atoms with Crippen molar-refractivity contribution in [3.63, 3.8) is 0 Å². The first-order chi connectivity index (χ1) is 14.0. The van der Waals surface area contributed by atoms with Crippen molar-refractivity contribution in [3.05, 3.63) is 94.3 Å². The molecule has 3 aromatic rings. The lowest BCUT2D eigenvalue weighted by Gasteiger charge is -2.03. The Labute approximate surface area is 168 Å². The Bertz CT molecular complexity index is 1080. The fourth-order valence-corrected chi connectivity index (χ4v) is 2.74. The molecule has 3 aromatic carbocycles. The fourth-order valence-electron chi connectivity index (χ4n) is 2.74. The summed E-state index contributed by atoms with van der Waals surface area (Å²) in [5.74, 6) is 2.21. The molecule has 0 amide bonds. The van der Waals surface area contributed by atoms with E-state index in [1.54, 1.807) is 6.07 Å². The first-order valence-electron chi connectivity index (χ1n) is 9.30. The highest BCUT2D eigenvalue weighted by Crippen LogP contribution is 2.24. The van der Waals surface area contributed by atoms with Gasteiger partial charge in [0.25, 0.3) is 0 Å². The third-order valence-corrected chi connectivity index (χ3v) is 4.42. The second-order valence-electron chi connectivity index (χ2n) is 6.42. The summed E-state index contributed by atoms with van der Waals surface area (Å²) >= 11 is 0. The maximum atomic E-state index is 13.3. The van der Waals surface area contributed by atoms with Crippen LogP contribution in [-0.4, -0.2) is 0 Å².